The molecule has 1 aromatic carbocycles. The summed E-state index contributed by atoms with van der Waals surface area (Å²) in [4.78, 5) is 11.6. The Morgan fingerprint density at radius 1 is 1.39 bits per heavy atom. The maximum absolute atomic E-state index is 11.6. The fourth-order valence-electron chi connectivity index (χ4n) is 1.84. The second kappa shape index (κ2) is 5.87. The van der Waals surface area contributed by atoms with Gasteiger partial charge in [0.1, 0.15) is 0 Å². The number of urea groups is 1. The molecule has 0 bridgehead atoms. The number of carbonyl (C=O) groups excluding carboxylic acids is 1. The molecule has 4 N–H and O–H groups in total. The number of rotatable bonds is 5. The van der Waals surface area contributed by atoms with Crippen molar-refractivity contribution in [1.82, 2.24) is 5.32 Å². The van der Waals surface area contributed by atoms with E-state index in [1.807, 2.05) is 31.2 Å². The van der Waals surface area contributed by atoms with Crippen LogP contribution in [0.2, 0.25) is 0 Å². The molecule has 1 aliphatic carbocycles. The Hall–Kier alpha value is -1.55. The number of hydrogen-bond donors (Lipinski definition) is 3. The SMILES string of the molecule is CC(N)c1ccc(NC(=O)NCCC2CC2)cc1. The van der Waals surface area contributed by atoms with Crippen LogP contribution in [0, 0.1) is 5.92 Å². The topological polar surface area (TPSA) is 67.1 Å². The zero-order chi connectivity index (χ0) is 13.0. The van der Waals surface area contributed by atoms with E-state index in [-0.39, 0.29) is 12.1 Å². The average Bonchev–Trinajstić information content (AvgIpc) is 3.13. The second-order valence-electron chi connectivity index (χ2n) is 5.02. The van der Waals surface area contributed by atoms with E-state index in [0.29, 0.717) is 0 Å². The normalized spacial score (nSPS) is 16.1. The largest absolute Gasteiger partial charge is 0.338 e. The molecule has 0 spiro atoms. The zero-order valence-electron chi connectivity index (χ0n) is 10.8. The predicted octanol–water partition coefficient (Wildman–Crippen LogP) is 2.63. The van der Waals surface area contributed by atoms with Gasteiger partial charge < -0.3 is 16.4 Å². The van der Waals surface area contributed by atoms with Crippen molar-refractivity contribution in [2.24, 2.45) is 11.7 Å². The van der Waals surface area contributed by atoms with Crippen LogP contribution in [0.25, 0.3) is 0 Å². The van der Waals surface area contributed by atoms with Gasteiger partial charge in [-0.05, 0) is 37.0 Å². The van der Waals surface area contributed by atoms with Gasteiger partial charge in [-0.3, -0.25) is 0 Å². The van der Waals surface area contributed by atoms with Crippen molar-refractivity contribution in [3.05, 3.63) is 29.8 Å². The summed E-state index contributed by atoms with van der Waals surface area (Å²) in [6.45, 7) is 2.70. The van der Waals surface area contributed by atoms with E-state index in [9.17, 15) is 4.79 Å². The van der Waals surface area contributed by atoms with Crippen molar-refractivity contribution in [1.29, 1.82) is 0 Å². The van der Waals surface area contributed by atoms with Crippen LogP contribution in [0.4, 0.5) is 10.5 Å². The fraction of sp³-hybridized carbons (Fsp3) is 0.500. The van der Waals surface area contributed by atoms with Crippen LogP contribution in [-0.4, -0.2) is 12.6 Å². The van der Waals surface area contributed by atoms with E-state index in [1.165, 1.54) is 12.8 Å². The minimum absolute atomic E-state index is 0.0198. The number of nitrogens with one attached hydrogen (secondary N) is 2. The smallest absolute Gasteiger partial charge is 0.319 e. The number of nitrogens with two attached hydrogens (primary N) is 1. The molecule has 4 heteroatoms. The summed E-state index contributed by atoms with van der Waals surface area (Å²) < 4.78 is 0. The van der Waals surface area contributed by atoms with Gasteiger partial charge in [-0.25, -0.2) is 4.79 Å². The number of carbonyl (C=O) groups is 1. The van der Waals surface area contributed by atoms with Gasteiger partial charge >= 0.3 is 6.03 Å². The number of hydrogen-bond acceptors (Lipinski definition) is 2. The fourth-order valence-corrected chi connectivity index (χ4v) is 1.84. The van der Waals surface area contributed by atoms with E-state index in [1.54, 1.807) is 0 Å². The number of benzene rings is 1. The Kier molecular flexibility index (Phi) is 4.20. The molecule has 98 valence electrons. The van der Waals surface area contributed by atoms with Crippen molar-refractivity contribution < 1.29 is 4.79 Å². The Labute approximate surface area is 108 Å². The van der Waals surface area contributed by atoms with Crippen LogP contribution in [0.3, 0.4) is 0 Å². The minimum atomic E-state index is -0.135. The standard InChI is InChI=1S/C14H21N3O/c1-10(15)12-4-6-13(7-5-12)17-14(18)16-9-8-11-2-3-11/h4-7,10-11H,2-3,8-9,15H2,1H3,(H2,16,17,18). The summed E-state index contributed by atoms with van der Waals surface area (Å²) in [5.74, 6) is 0.843. The van der Waals surface area contributed by atoms with Crippen LogP contribution in [0.5, 0.6) is 0 Å². The van der Waals surface area contributed by atoms with E-state index in [0.717, 1.165) is 30.1 Å². The number of amides is 2. The van der Waals surface area contributed by atoms with Crippen LogP contribution in [0.1, 0.15) is 37.8 Å². The Balaban J connectivity index is 1.75. The molecular weight excluding hydrogens is 226 g/mol. The van der Waals surface area contributed by atoms with E-state index < -0.39 is 0 Å². The van der Waals surface area contributed by atoms with Gasteiger partial charge in [-0.1, -0.05) is 25.0 Å². The highest BCUT2D eigenvalue weighted by molar-refractivity contribution is 5.89. The monoisotopic (exact) mass is 247 g/mol. The second-order valence-corrected chi connectivity index (χ2v) is 5.02. The molecule has 2 amide bonds. The molecule has 18 heavy (non-hydrogen) atoms. The van der Waals surface area contributed by atoms with Crippen molar-refractivity contribution in [3.63, 3.8) is 0 Å². The van der Waals surface area contributed by atoms with E-state index in [4.69, 9.17) is 5.73 Å². The van der Waals surface area contributed by atoms with Gasteiger partial charge in [0.25, 0.3) is 0 Å². The van der Waals surface area contributed by atoms with Crippen LogP contribution >= 0.6 is 0 Å². The lowest BCUT2D eigenvalue weighted by Gasteiger charge is -2.09. The van der Waals surface area contributed by atoms with Gasteiger partial charge in [-0.15, -0.1) is 0 Å². The molecule has 0 aromatic heterocycles. The third kappa shape index (κ3) is 4.04. The molecule has 1 unspecified atom stereocenters. The first-order valence-electron chi connectivity index (χ1n) is 6.55. The van der Waals surface area contributed by atoms with E-state index >= 15 is 0 Å². The highest BCUT2D eigenvalue weighted by Gasteiger charge is 2.20. The summed E-state index contributed by atoms with van der Waals surface area (Å²) in [7, 11) is 0. The van der Waals surface area contributed by atoms with E-state index in [2.05, 4.69) is 10.6 Å². The highest BCUT2D eigenvalue weighted by Crippen LogP contribution is 2.31. The average molecular weight is 247 g/mol. The van der Waals surface area contributed by atoms with Crippen LogP contribution in [-0.2, 0) is 0 Å². The molecule has 4 nitrogen and oxygen atoms in total. The molecule has 1 saturated carbocycles. The maximum Gasteiger partial charge on any atom is 0.319 e. The number of anilines is 1. The minimum Gasteiger partial charge on any atom is -0.338 e. The van der Waals surface area contributed by atoms with Gasteiger partial charge in [0.05, 0.1) is 0 Å². The van der Waals surface area contributed by atoms with Crippen molar-refractivity contribution in [2.75, 3.05) is 11.9 Å². The molecule has 1 fully saturated rings. The summed E-state index contributed by atoms with van der Waals surface area (Å²) in [5.41, 5.74) is 7.62. The van der Waals surface area contributed by atoms with Gasteiger partial charge in [0, 0.05) is 18.3 Å². The molecule has 0 radical (unpaired) electrons. The van der Waals surface area contributed by atoms with Gasteiger partial charge in [0.2, 0.25) is 0 Å². The quantitative estimate of drug-likeness (QED) is 0.748. The molecule has 1 atom stereocenters. The summed E-state index contributed by atoms with van der Waals surface area (Å²) in [6, 6.07) is 7.50. The predicted molar refractivity (Wildman–Crippen MR) is 73.4 cm³/mol. The molecular formula is C14H21N3O. The zero-order valence-corrected chi connectivity index (χ0v) is 10.8. The van der Waals surface area contributed by atoms with Crippen molar-refractivity contribution in [3.8, 4) is 0 Å². The molecule has 1 aromatic rings. The lowest BCUT2D eigenvalue weighted by molar-refractivity contribution is 0.252. The maximum atomic E-state index is 11.6. The van der Waals surface area contributed by atoms with Crippen molar-refractivity contribution >= 4 is 11.7 Å². The Morgan fingerprint density at radius 2 is 2.06 bits per heavy atom. The third-order valence-electron chi connectivity index (χ3n) is 3.23. The van der Waals surface area contributed by atoms with Gasteiger partial charge in [0.15, 0.2) is 0 Å². The van der Waals surface area contributed by atoms with Crippen LogP contribution < -0.4 is 16.4 Å². The summed E-state index contributed by atoms with van der Waals surface area (Å²) in [5, 5.41) is 5.68. The molecule has 1 aliphatic rings. The first-order valence-corrected chi connectivity index (χ1v) is 6.55. The first kappa shape index (κ1) is 12.9. The molecule has 0 saturated heterocycles. The molecule has 0 aliphatic heterocycles. The molecule has 2 rings (SSSR count). The lowest BCUT2D eigenvalue weighted by atomic mass is 10.1. The van der Waals surface area contributed by atoms with Gasteiger partial charge in [-0.2, -0.15) is 0 Å². The first-order chi connectivity index (χ1) is 8.65. The Bertz CT molecular complexity index is 396. The summed E-state index contributed by atoms with van der Waals surface area (Å²) >= 11 is 0. The highest BCUT2D eigenvalue weighted by atomic mass is 16.2. The third-order valence-corrected chi connectivity index (χ3v) is 3.23. The molecule has 0 heterocycles. The van der Waals surface area contributed by atoms with Crippen molar-refractivity contribution in [2.45, 2.75) is 32.2 Å². The Morgan fingerprint density at radius 3 is 2.61 bits per heavy atom. The lowest BCUT2D eigenvalue weighted by Crippen LogP contribution is -2.29. The van der Waals surface area contributed by atoms with Crippen LogP contribution in [0.15, 0.2) is 24.3 Å². The summed E-state index contributed by atoms with van der Waals surface area (Å²) in [6.07, 6.45) is 3.74.